The largest absolute Gasteiger partial charge is 0.307 e. The molecular weight excluding hydrogens is 199 g/mol. The average Bonchev–Trinajstić information content (AvgIpc) is 2.62. The highest BCUT2D eigenvalue weighted by atomic mass is 32.1. The first kappa shape index (κ1) is 10.9. The summed E-state index contributed by atoms with van der Waals surface area (Å²) in [5.41, 5.74) is 0. The fourth-order valence-corrected chi connectivity index (χ4v) is 2.23. The highest BCUT2D eigenvalue weighted by Crippen LogP contribution is 2.26. The molecule has 1 nitrogen and oxygen atoms in total. The molecule has 0 spiro atoms. The van der Waals surface area contributed by atoms with Crippen LogP contribution < -0.4 is 0 Å². The van der Waals surface area contributed by atoms with Crippen molar-refractivity contribution in [2.45, 2.75) is 13.3 Å². The lowest BCUT2D eigenvalue weighted by atomic mass is 10.2. The summed E-state index contributed by atoms with van der Waals surface area (Å²) in [4.78, 5) is 9.32. The van der Waals surface area contributed by atoms with Crippen LogP contribution in [0.2, 0.25) is 0 Å². The van der Waals surface area contributed by atoms with Crippen molar-refractivity contribution in [2.24, 2.45) is 0 Å². The van der Waals surface area contributed by atoms with Crippen LogP contribution in [0.25, 0.3) is 10.1 Å². The van der Waals surface area contributed by atoms with Gasteiger partial charge < -0.3 is 4.79 Å². The summed E-state index contributed by atoms with van der Waals surface area (Å²) < 4.78 is 13.9. The maximum absolute atomic E-state index is 12.8. The van der Waals surface area contributed by atoms with Gasteiger partial charge in [0.1, 0.15) is 12.6 Å². The zero-order valence-electron chi connectivity index (χ0n) is 7.92. The minimum atomic E-state index is -0.150. The van der Waals surface area contributed by atoms with Gasteiger partial charge in [-0.25, -0.2) is 4.39 Å². The molecule has 0 fully saturated rings. The molecule has 14 heavy (non-hydrogen) atoms. The third-order valence-electron chi connectivity index (χ3n) is 1.88. The van der Waals surface area contributed by atoms with Gasteiger partial charge in [0.2, 0.25) is 0 Å². The summed E-state index contributed by atoms with van der Waals surface area (Å²) in [7, 11) is 0. The van der Waals surface area contributed by atoms with Crippen molar-refractivity contribution in [1.29, 1.82) is 0 Å². The van der Waals surface area contributed by atoms with Gasteiger partial charge in [0, 0.05) is 9.58 Å². The quantitative estimate of drug-likeness (QED) is 0.704. The predicted octanol–water partition coefficient (Wildman–Crippen LogP) is 3.42. The first-order valence-corrected chi connectivity index (χ1v) is 5.08. The molecule has 0 amide bonds. The number of carbonyl (C=O) groups excluding carboxylic acids is 1. The molecule has 0 aliphatic carbocycles. The predicted molar refractivity (Wildman–Crippen MR) is 58.3 cm³/mol. The molecule has 0 aliphatic rings. The SMILES string of the molecule is C=O.CCc1cc2cc(F)ccc2s1. The summed E-state index contributed by atoms with van der Waals surface area (Å²) in [5.74, 6) is -0.150. The molecule has 0 saturated carbocycles. The van der Waals surface area contributed by atoms with Gasteiger partial charge in [-0.1, -0.05) is 6.92 Å². The van der Waals surface area contributed by atoms with Gasteiger partial charge in [-0.2, -0.15) is 0 Å². The van der Waals surface area contributed by atoms with E-state index in [0.717, 1.165) is 11.8 Å². The van der Waals surface area contributed by atoms with Crippen molar-refractivity contribution in [3.63, 3.8) is 0 Å². The van der Waals surface area contributed by atoms with Crippen LogP contribution in [0, 0.1) is 5.82 Å². The minimum Gasteiger partial charge on any atom is -0.307 e. The Bertz CT molecular complexity index is 422. The summed E-state index contributed by atoms with van der Waals surface area (Å²) in [6.45, 7) is 4.11. The molecule has 1 aromatic heterocycles. The number of hydrogen-bond acceptors (Lipinski definition) is 2. The molecule has 0 aliphatic heterocycles. The number of benzene rings is 1. The van der Waals surface area contributed by atoms with Crippen LogP contribution in [-0.2, 0) is 11.2 Å². The van der Waals surface area contributed by atoms with Crippen LogP contribution in [0.15, 0.2) is 24.3 Å². The van der Waals surface area contributed by atoms with Gasteiger partial charge in [-0.05, 0) is 36.1 Å². The van der Waals surface area contributed by atoms with Crippen molar-refractivity contribution < 1.29 is 9.18 Å². The molecule has 0 radical (unpaired) electrons. The van der Waals surface area contributed by atoms with E-state index >= 15 is 0 Å². The molecule has 3 heteroatoms. The van der Waals surface area contributed by atoms with Crippen LogP contribution in [-0.4, -0.2) is 6.79 Å². The van der Waals surface area contributed by atoms with Gasteiger partial charge in [0.25, 0.3) is 0 Å². The van der Waals surface area contributed by atoms with E-state index in [0.29, 0.717) is 0 Å². The second-order valence-electron chi connectivity index (χ2n) is 2.75. The molecular formula is C11H11FOS. The molecule has 0 atom stereocenters. The number of rotatable bonds is 1. The fourth-order valence-electron chi connectivity index (χ4n) is 1.24. The number of fused-ring (bicyclic) bond motifs is 1. The zero-order valence-corrected chi connectivity index (χ0v) is 8.73. The maximum Gasteiger partial charge on any atom is 0.123 e. The van der Waals surface area contributed by atoms with E-state index < -0.39 is 0 Å². The number of carbonyl (C=O) groups is 1. The number of hydrogen-bond donors (Lipinski definition) is 0. The summed E-state index contributed by atoms with van der Waals surface area (Å²) in [6.07, 6.45) is 1.03. The Labute approximate surface area is 86.2 Å². The molecule has 0 bridgehead atoms. The van der Waals surface area contributed by atoms with Crippen molar-refractivity contribution in [3.8, 4) is 0 Å². The Balaban J connectivity index is 0.000000461. The van der Waals surface area contributed by atoms with E-state index in [1.807, 2.05) is 12.9 Å². The molecule has 2 rings (SSSR count). The third kappa shape index (κ3) is 2.17. The first-order chi connectivity index (χ1) is 6.79. The molecule has 1 heterocycles. The highest BCUT2D eigenvalue weighted by molar-refractivity contribution is 7.19. The van der Waals surface area contributed by atoms with E-state index in [-0.39, 0.29) is 5.82 Å². The van der Waals surface area contributed by atoms with Crippen molar-refractivity contribution in [1.82, 2.24) is 0 Å². The molecule has 2 aromatic rings. The summed E-state index contributed by atoms with van der Waals surface area (Å²) in [6, 6.07) is 7.00. The van der Waals surface area contributed by atoms with Gasteiger partial charge in [-0.15, -0.1) is 11.3 Å². The van der Waals surface area contributed by atoms with Crippen LogP contribution >= 0.6 is 11.3 Å². The summed E-state index contributed by atoms with van der Waals surface area (Å²) >= 11 is 1.74. The first-order valence-electron chi connectivity index (χ1n) is 4.26. The maximum atomic E-state index is 12.8. The molecule has 0 saturated heterocycles. The topological polar surface area (TPSA) is 17.1 Å². The zero-order chi connectivity index (χ0) is 10.6. The van der Waals surface area contributed by atoms with Gasteiger partial charge in [-0.3, -0.25) is 0 Å². The normalized spacial score (nSPS) is 9.57. The second kappa shape index (κ2) is 4.86. The molecule has 0 unspecified atom stereocenters. The van der Waals surface area contributed by atoms with Crippen LogP contribution in [0.5, 0.6) is 0 Å². The van der Waals surface area contributed by atoms with E-state index in [4.69, 9.17) is 4.79 Å². The number of halogens is 1. The number of aryl methyl sites for hydroxylation is 1. The smallest absolute Gasteiger partial charge is 0.123 e. The van der Waals surface area contributed by atoms with Crippen LogP contribution in [0.1, 0.15) is 11.8 Å². The third-order valence-corrected chi connectivity index (χ3v) is 3.14. The standard InChI is InChI=1S/C10H9FS.CH2O/c1-2-9-6-7-5-8(11)3-4-10(7)12-9;1-2/h3-6H,2H2,1H3;1H2. The van der Waals surface area contributed by atoms with E-state index in [2.05, 4.69) is 13.0 Å². The van der Waals surface area contributed by atoms with E-state index in [1.165, 1.54) is 15.6 Å². The minimum absolute atomic E-state index is 0.150. The second-order valence-corrected chi connectivity index (χ2v) is 3.92. The average molecular weight is 210 g/mol. The lowest BCUT2D eigenvalue weighted by Crippen LogP contribution is -1.69. The van der Waals surface area contributed by atoms with Crippen LogP contribution in [0.4, 0.5) is 4.39 Å². The lowest BCUT2D eigenvalue weighted by Gasteiger charge is -1.86. The van der Waals surface area contributed by atoms with E-state index in [9.17, 15) is 4.39 Å². The Morgan fingerprint density at radius 1 is 1.36 bits per heavy atom. The molecule has 74 valence electrons. The van der Waals surface area contributed by atoms with Gasteiger partial charge >= 0.3 is 0 Å². The Kier molecular flexibility index (Phi) is 3.77. The summed E-state index contributed by atoms with van der Waals surface area (Å²) in [5, 5.41) is 1.02. The lowest BCUT2D eigenvalue weighted by molar-refractivity contribution is -0.0979. The van der Waals surface area contributed by atoms with E-state index in [1.54, 1.807) is 17.4 Å². The fraction of sp³-hybridized carbons (Fsp3) is 0.182. The van der Waals surface area contributed by atoms with Crippen molar-refractivity contribution in [3.05, 3.63) is 35.0 Å². The van der Waals surface area contributed by atoms with Gasteiger partial charge in [0.15, 0.2) is 0 Å². The Hall–Kier alpha value is -1.22. The Morgan fingerprint density at radius 3 is 2.71 bits per heavy atom. The van der Waals surface area contributed by atoms with Crippen molar-refractivity contribution >= 4 is 28.2 Å². The Morgan fingerprint density at radius 2 is 2.07 bits per heavy atom. The monoisotopic (exact) mass is 210 g/mol. The van der Waals surface area contributed by atoms with Crippen molar-refractivity contribution in [2.75, 3.05) is 0 Å². The van der Waals surface area contributed by atoms with Crippen LogP contribution in [0.3, 0.4) is 0 Å². The molecule has 0 N–H and O–H groups in total. The number of thiophene rings is 1. The highest BCUT2D eigenvalue weighted by Gasteiger charge is 2.00. The molecule has 1 aromatic carbocycles. The van der Waals surface area contributed by atoms with Gasteiger partial charge in [0.05, 0.1) is 0 Å².